The molecule has 0 unspecified atom stereocenters. The summed E-state index contributed by atoms with van der Waals surface area (Å²) in [5, 5.41) is 2.27. The van der Waals surface area contributed by atoms with Crippen molar-refractivity contribution in [3.05, 3.63) is 267 Å². The lowest BCUT2D eigenvalue weighted by Crippen LogP contribution is -2.07. The molecule has 4 aromatic carbocycles. The smallest absolute Gasteiger partial charge is 0.101 e. The quantitative estimate of drug-likeness (QED) is 0.120. The first kappa shape index (κ1) is 45.2. The summed E-state index contributed by atoms with van der Waals surface area (Å²) in [6.45, 7) is 0. The maximum absolute atomic E-state index is 4.91. The number of thiophene rings is 2. The highest BCUT2D eigenvalue weighted by Gasteiger charge is 2.19. The van der Waals surface area contributed by atoms with Crippen molar-refractivity contribution in [1.29, 1.82) is 0 Å². The molecule has 0 atom stereocenters. The van der Waals surface area contributed by atoms with Crippen LogP contribution in [0.1, 0.15) is 0 Å². The maximum Gasteiger partial charge on any atom is 0.101 e. The fourth-order valence-electron chi connectivity index (χ4n) is 8.25. The van der Waals surface area contributed by atoms with E-state index in [4.69, 9.17) is 9.97 Å². The molecule has 8 nitrogen and oxygen atoms in total. The molecule has 0 radical (unpaired) electrons. The van der Waals surface area contributed by atoms with E-state index in [1.54, 1.807) is 47.5 Å². The summed E-state index contributed by atoms with van der Waals surface area (Å²) >= 11 is 3.50. The minimum absolute atomic E-state index is 0.826. The van der Waals surface area contributed by atoms with Crippen molar-refractivity contribution in [1.82, 2.24) is 29.9 Å². The third kappa shape index (κ3) is 10.4. The summed E-state index contributed by atoms with van der Waals surface area (Å²) in [4.78, 5) is 34.9. The molecular weight excluding hydrogens is 921 g/mol. The van der Waals surface area contributed by atoms with Gasteiger partial charge in [0.25, 0.3) is 0 Å². The molecule has 0 N–H and O–H groups in total. The summed E-state index contributed by atoms with van der Waals surface area (Å²) in [5.41, 5.74) is 13.3. The van der Waals surface area contributed by atoms with Gasteiger partial charge in [0.15, 0.2) is 0 Å². The van der Waals surface area contributed by atoms with Crippen LogP contribution in [0.3, 0.4) is 0 Å². The van der Waals surface area contributed by atoms with E-state index < -0.39 is 0 Å². The second-order valence-electron chi connectivity index (χ2n) is 16.4. The van der Waals surface area contributed by atoms with E-state index in [2.05, 4.69) is 175 Å². The minimum atomic E-state index is 0.826. The van der Waals surface area contributed by atoms with E-state index in [9.17, 15) is 0 Å². The van der Waals surface area contributed by atoms with Gasteiger partial charge in [-0.05, 0) is 157 Å². The fraction of sp³-hybridized carbons (Fsp3) is 0. The Balaban J connectivity index is 0.000000156. The SMILES string of the molecule is c1ccc(N(c2ccccc2)c2ccc(-c3cc(-c4ccccn4)nc(-c4ccccn4)c3)s2)cc1.c1ccc(N(c2ccccc2)c2ccc(-c3cc(-c4ccccn4)nc(-c4ccccn4)c3)s2)cc1. The number of hydrogen-bond donors (Lipinski definition) is 0. The van der Waals surface area contributed by atoms with Gasteiger partial charge in [-0.3, -0.25) is 19.9 Å². The molecule has 10 heteroatoms. The van der Waals surface area contributed by atoms with E-state index in [0.717, 1.165) is 99.2 Å². The molecule has 0 amide bonds. The van der Waals surface area contributed by atoms with Crippen LogP contribution in [0.5, 0.6) is 0 Å². The lowest BCUT2D eigenvalue weighted by atomic mass is 10.1. The molecule has 0 spiro atoms. The molecule has 0 aliphatic heterocycles. The lowest BCUT2D eigenvalue weighted by molar-refractivity contribution is 1.22. The minimum Gasteiger partial charge on any atom is -0.302 e. The molecule has 0 saturated carbocycles. The molecule has 0 fully saturated rings. The highest BCUT2D eigenvalue weighted by molar-refractivity contribution is 7.20. The average molecular weight is 965 g/mol. The Morgan fingerprint density at radius 3 is 0.764 bits per heavy atom. The average Bonchev–Trinajstić information content (AvgIpc) is 4.17. The van der Waals surface area contributed by atoms with Gasteiger partial charge >= 0.3 is 0 Å². The normalized spacial score (nSPS) is 10.8. The highest BCUT2D eigenvalue weighted by Crippen LogP contribution is 2.44. The second kappa shape index (κ2) is 21.6. The summed E-state index contributed by atoms with van der Waals surface area (Å²) in [5.74, 6) is 0. The van der Waals surface area contributed by atoms with Crippen LogP contribution in [0, 0.1) is 0 Å². The van der Waals surface area contributed by atoms with Gasteiger partial charge in [-0.2, -0.15) is 0 Å². The Bertz CT molecular complexity index is 3180. The van der Waals surface area contributed by atoms with Crippen LogP contribution in [-0.4, -0.2) is 29.9 Å². The third-order valence-electron chi connectivity index (χ3n) is 11.6. The Labute approximate surface area is 426 Å². The predicted octanol–water partition coefficient (Wildman–Crippen LogP) is 16.8. The Morgan fingerprint density at radius 1 is 0.250 bits per heavy atom. The number of benzene rings is 4. The number of rotatable bonds is 12. The van der Waals surface area contributed by atoms with E-state index in [0.29, 0.717) is 0 Å². The lowest BCUT2D eigenvalue weighted by Gasteiger charge is -2.23. The molecule has 0 aliphatic carbocycles. The third-order valence-corrected chi connectivity index (χ3v) is 13.8. The van der Waals surface area contributed by atoms with E-state index in [1.165, 1.54) is 0 Å². The van der Waals surface area contributed by atoms with Gasteiger partial charge in [0.2, 0.25) is 0 Å². The first-order valence-corrected chi connectivity index (χ1v) is 25.0. The Kier molecular flexibility index (Phi) is 13.6. The maximum atomic E-state index is 4.91. The predicted molar refractivity (Wildman–Crippen MR) is 297 cm³/mol. The topological polar surface area (TPSA) is 83.8 Å². The summed E-state index contributed by atoms with van der Waals surface area (Å²) < 4.78 is 0. The molecular formula is C62H44N8S2. The van der Waals surface area contributed by atoms with Crippen molar-refractivity contribution in [2.45, 2.75) is 0 Å². The Morgan fingerprint density at radius 2 is 0.514 bits per heavy atom. The fourth-order valence-corrected chi connectivity index (χ4v) is 10.3. The number of para-hydroxylation sites is 4. The zero-order chi connectivity index (χ0) is 48.3. The standard InChI is InChI=1S/2C31H22N4S/c2*1-3-11-24(12-4-1)35(25-13-5-2-6-14-25)31-18-17-30(36-31)23-21-28(26-15-7-9-19-32-26)34-29(22-23)27-16-8-10-20-33-27/h2*1-22H. The molecule has 12 aromatic rings. The number of nitrogens with zero attached hydrogens (tertiary/aromatic N) is 8. The van der Waals surface area contributed by atoms with Crippen molar-refractivity contribution in [3.8, 4) is 66.4 Å². The number of hydrogen-bond acceptors (Lipinski definition) is 10. The second-order valence-corrected chi connectivity index (χ2v) is 18.5. The summed E-state index contributed by atoms with van der Waals surface area (Å²) in [6, 6.07) is 82.5. The van der Waals surface area contributed by atoms with Gasteiger partial charge in [0, 0.05) is 57.3 Å². The van der Waals surface area contributed by atoms with Crippen LogP contribution in [0.25, 0.3) is 66.4 Å². The van der Waals surface area contributed by atoms with Crippen LogP contribution >= 0.6 is 22.7 Å². The largest absolute Gasteiger partial charge is 0.302 e. The van der Waals surface area contributed by atoms with Crippen molar-refractivity contribution in [2.75, 3.05) is 9.80 Å². The molecule has 12 rings (SSSR count). The van der Waals surface area contributed by atoms with Gasteiger partial charge in [-0.1, -0.05) is 97.1 Å². The van der Waals surface area contributed by atoms with Crippen molar-refractivity contribution in [2.24, 2.45) is 0 Å². The van der Waals surface area contributed by atoms with E-state index >= 15 is 0 Å². The molecule has 0 aliphatic rings. The van der Waals surface area contributed by atoms with Gasteiger partial charge in [0.1, 0.15) is 10.0 Å². The molecule has 0 saturated heterocycles. The molecule has 8 aromatic heterocycles. The van der Waals surface area contributed by atoms with Crippen LogP contribution in [-0.2, 0) is 0 Å². The van der Waals surface area contributed by atoms with E-state index in [1.807, 2.05) is 97.1 Å². The molecule has 8 heterocycles. The molecule has 344 valence electrons. The van der Waals surface area contributed by atoms with Crippen LogP contribution < -0.4 is 9.80 Å². The Hall–Kier alpha value is -9.22. The zero-order valence-electron chi connectivity index (χ0n) is 38.8. The first-order chi connectivity index (χ1) is 35.7. The molecule has 72 heavy (non-hydrogen) atoms. The number of pyridine rings is 6. The number of aromatic nitrogens is 6. The van der Waals surface area contributed by atoms with Gasteiger partial charge in [0.05, 0.1) is 45.6 Å². The number of anilines is 6. The van der Waals surface area contributed by atoms with Gasteiger partial charge < -0.3 is 9.80 Å². The van der Waals surface area contributed by atoms with Gasteiger partial charge in [-0.15, -0.1) is 22.7 Å². The zero-order valence-corrected chi connectivity index (χ0v) is 40.4. The van der Waals surface area contributed by atoms with Crippen molar-refractivity contribution >= 4 is 55.4 Å². The van der Waals surface area contributed by atoms with Crippen LogP contribution in [0.4, 0.5) is 32.8 Å². The van der Waals surface area contributed by atoms with Crippen LogP contribution in [0.2, 0.25) is 0 Å². The van der Waals surface area contributed by atoms with Crippen LogP contribution in [0.15, 0.2) is 267 Å². The van der Waals surface area contributed by atoms with Crippen molar-refractivity contribution in [3.63, 3.8) is 0 Å². The first-order valence-electron chi connectivity index (χ1n) is 23.4. The highest BCUT2D eigenvalue weighted by atomic mass is 32.1. The van der Waals surface area contributed by atoms with Gasteiger partial charge in [-0.25, -0.2) is 9.97 Å². The molecule has 0 bridgehead atoms. The monoisotopic (exact) mass is 964 g/mol. The van der Waals surface area contributed by atoms with Crippen molar-refractivity contribution < 1.29 is 0 Å². The summed E-state index contributed by atoms with van der Waals surface area (Å²) in [7, 11) is 0. The summed E-state index contributed by atoms with van der Waals surface area (Å²) in [6.07, 6.45) is 7.19. The van der Waals surface area contributed by atoms with E-state index in [-0.39, 0.29) is 0 Å².